The number of aryl methyl sites for hydroxylation is 2. The zero-order valence-electron chi connectivity index (χ0n) is 39.1. The summed E-state index contributed by atoms with van der Waals surface area (Å²) in [7, 11) is 0. The number of anilines is 3. The second-order valence-electron chi connectivity index (χ2n) is 20.5. The summed E-state index contributed by atoms with van der Waals surface area (Å²) in [6.45, 7) is 20.4. The predicted molar refractivity (Wildman–Crippen MR) is 275 cm³/mol. The minimum absolute atomic E-state index is 0.0717. The van der Waals surface area contributed by atoms with E-state index in [0.717, 1.165) is 23.5 Å². The molecule has 0 heterocycles. The highest BCUT2D eigenvalue weighted by Crippen LogP contribution is 2.51. The molecule has 0 saturated heterocycles. The minimum Gasteiger partial charge on any atom is -0.326 e. The first-order valence-corrected chi connectivity index (χ1v) is 23.0. The van der Waals surface area contributed by atoms with Crippen LogP contribution in [0.5, 0.6) is 0 Å². The lowest BCUT2D eigenvalue weighted by molar-refractivity contribution is 0.263. The van der Waals surface area contributed by atoms with Crippen molar-refractivity contribution in [2.75, 3.05) is 4.90 Å². The Balaban J connectivity index is 0.969. The first-order chi connectivity index (χ1) is 30.5. The lowest BCUT2D eigenvalue weighted by Crippen LogP contribution is -2.37. The van der Waals surface area contributed by atoms with Gasteiger partial charge in [0.25, 0.3) is 0 Å². The van der Waals surface area contributed by atoms with Crippen LogP contribution in [0.25, 0.3) is 55.6 Å². The van der Waals surface area contributed by atoms with Crippen LogP contribution in [0.3, 0.4) is 0 Å². The van der Waals surface area contributed by atoms with Crippen LogP contribution in [0.2, 0.25) is 0 Å². The number of rotatable bonds is 10. The van der Waals surface area contributed by atoms with Gasteiger partial charge >= 0.3 is 0 Å². The molecule has 2 heteroatoms. The monoisotopic (exact) mass is 834 g/mol. The smallest absolute Gasteiger partial charge is 0.0465 e. The molecular weight excluding hydrogens is 773 g/mol. The van der Waals surface area contributed by atoms with Crippen molar-refractivity contribution < 1.29 is 0 Å². The van der Waals surface area contributed by atoms with Gasteiger partial charge in [-0.15, -0.1) is 0 Å². The van der Waals surface area contributed by atoms with Crippen molar-refractivity contribution >= 4 is 17.1 Å². The van der Waals surface area contributed by atoms with Crippen LogP contribution in [0.15, 0.2) is 182 Å². The van der Waals surface area contributed by atoms with E-state index < -0.39 is 0 Å². The van der Waals surface area contributed by atoms with Gasteiger partial charge < -0.3 is 10.6 Å². The quantitative estimate of drug-likeness (QED) is 0.149. The zero-order chi connectivity index (χ0) is 45.0. The molecule has 0 amide bonds. The van der Waals surface area contributed by atoms with E-state index in [1.807, 2.05) is 0 Å². The normalized spacial score (nSPS) is 13.6. The highest BCUT2D eigenvalue weighted by Gasteiger charge is 2.36. The molecule has 320 valence electrons. The van der Waals surface area contributed by atoms with E-state index in [9.17, 15) is 0 Å². The second-order valence-corrected chi connectivity index (χ2v) is 20.5. The Morgan fingerprint density at radius 3 is 1.42 bits per heavy atom. The van der Waals surface area contributed by atoms with E-state index in [2.05, 4.69) is 249 Å². The molecule has 1 unspecified atom stereocenters. The minimum atomic E-state index is -0.230. The summed E-state index contributed by atoms with van der Waals surface area (Å²) in [4.78, 5) is 2.38. The maximum atomic E-state index is 6.54. The van der Waals surface area contributed by atoms with E-state index in [1.165, 1.54) is 83.5 Å². The van der Waals surface area contributed by atoms with E-state index in [-0.39, 0.29) is 16.4 Å². The highest BCUT2D eigenvalue weighted by molar-refractivity contribution is 5.86. The van der Waals surface area contributed by atoms with Crippen molar-refractivity contribution in [1.82, 2.24) is 0 Å². The summed E-state index contributed by atoms with van der Waals surface area (Å²) in [5.41, 5.74) is 28.9. The topological polar surface area (TPSA) is 29.3 Å². The number of hydrogen-bond acceptors (Lipinski definition) is 2. The van der Waals surface area contributed by atoms with Crippen LogP contribution >= 0.6 is 0 Å². The molecule has 0 saturated carbocycles. The molecule has 1 atom stereocenters. The molecule has 64 heavy (non-hydrogen) atoms. The number of fused-ring (bicyclic) bond motifs is 3. The largest absolute Gasteiger partial charge is 0.326 e. The number of nitrogens with two attached hydrogens (primary N) is 1. The molecule has 9 rings (SSSR count). The number of hydrogen-bond donors (Lipinski definition) is 1. The summed E-state index contributed by atoms with van der Waals surface area (Å²) in [5.74, 6) is 0.375. The Labute approximate surface area is 382 Å². The average Bonchev–Trinajstić information content (AvgIpc) is 3.51. The van der Waals surface area contributed by atoms with Gasteiger partial charge in [-0.1, -0.05) is 168 Å². The van der Waals surface area contributed by atoms with Crippen LogP contribution in [-0.2, 0) is 5.41 Å². The number of nitrogens with zero attached hydrogens (tertiary/aromatic N) is 1. The Kier molecular flexibility index (Phi) is 11.1. The van der Waals surface area contributed by atoms with Gasteiger partial charge in [0.15, 0.2) is 0 Å². The molecule has 0 spiro atoms. The summed E-state index contributed by atoms with van der Waals surface area (Å²) in [6, 6.07) is 67.6. The van der Waals surface area contributed by atoms with E-state index in [4.69, 9.17) is 5.73 Å². The first kappa shape index (κ1) is 42.8. The Morgan fingerprint density at radius 2 is 0.875 bits per heavy atom. The number of para-hydroxylation sites is 1. The van der Waals surface area contributed by atoms with Crippen molar-refractivity contribution in [2.45, 2.75) is 85.6 Å². The van der Waals surface area contributed by atoms with Crippen molar-refractivity contribution in [3.63, 3.8) is 0 Å². The van der Waals surface area contributed by atoms with Crippen molar-refractivity contribution in [3.05, 3.63) is 210 Å². The Bertz CT molecular complexity index is 2940. The van der Waals surface area contributed by atoms with Gasteiger partial charge in [0, 0.05) is 28.0 Å². The van der Waals surface area contributed by atoms with Crippen molar-refractivity contribution in [2.24, 2.45) is 11.1 Å². The standard InChI is InChI=1S/C62H62N2/c1-41-19-21-48(37-55(41)56-38-49(22-20-42(56)2)46-27-29-47(30-28-46)59(60(3,4)5)40-61(6,7)63)45-25-23-43(24-26-45)44-31-33-51(34-32-44)64(50-15-11-10-12-16-50)52-35-36-54-53-17-13-14-18-57(53)62(8,9)58(54)39-52/h10-39,59H,40,63H2,1-9H3. The van der Waals surface area contributed by atoms with Crippen LogP contribution in [0.4, 0.5) is 17.1 Å². The fraction of sp³-hybridized carbons (Fsp3) is 0.226. The lowest BCUT2D eigenvalue weighted by atomic mass is 9.71. The molecule has 1 aliphatic rings. The second kappa shape index (κ2) is 16.6. The lowest BCUT2D eigenvalue weighted by Gasteiger charge is -2.36. The fourth-order valence-corrected chi connectivity index (χ4v) is 10.1. The SMILES string of the molecule is Cc1ccc(-c2ccc(-c3ccc(N(c4ccccc4)c4ccc5c(c4)C(C)(C)c4ccccc4-5)cc3)cc2)cc1-c1cc(-c2ccc(C(CC(C)(C)N)C(C)(C)C)cc2)ccc1C. The summed E-state index contributed by atoms with van der Waals surface area (Å²) >= 11 is 0. The molecule has 0 aromatic heterocycles. The average molecular weight is 835 g/mol. The fourth-order valence-electron chi connectivity index (χ4n) is 10.1. The molecule has 0 fully saturated rings. The third-order valence-electron chi connectivity index (χ3n) is 13.7. The molecule has 0 radical (unpaired) electrons. The summed E-state index contributed by atoms with van der Waals surface area (Å²) in [6.07, 6.45) is 0.941. The maximum absolute atomic E-state index is 6.54. The molecule has 8 aromatic rings. The van der Waals surface area contributed by atoms with Crippen molar-refractivity contribution in [3.8, 4) is 55.6 Å². The van der Waals surface area contributed by atoms with Crippen LogP contribution in [-0.4, -0.2) is 5.54 Å². The van der Waals surface area contributed by atoms with Crippen LogP contribution < -0.4 is 10.6 Å². The van der Waals surface area contributed by atoms with Crippen LogP contribution in [0.1, 0.15) is 88.6 Å². The third-order valence-corrected chi connectivity index (χ3v) is 13.7. The maximum Gasteiger partial charge on any atom is 0.0465 e. The van der Waals surface area contributed by atoms with Gasteiger partial charge in [0.05, 0.1) is 0 Å². The van der Waals surface area contributed by atoms with E-state index in [0.29, 0.717) is 5.92 Å². The molecule has 2 nitrogen and oxygen atoms in total. The van der Waals surface area contributed by atoms with Gasteiger partial charge in [-0.3, -0.25) is 0 Å². The van der Waals surface area contributed by atoms with E-state index in [1.54, 1.807) is 0 Å². The number of benzene rings is 8. The molecular formula is C62H62N2. The summed E-state index contributed by atoms with van der Waals surface area (Å²) in [5, 5.41) is 0. The molecule has 0 bridgehead atoms. The van der Waals surface area contributed by atoms with E-state index >= 15 is 0 Å². The van der Waals surface area contributed by atoms with Gasteiger partial charge in [-0.25, -0.2) is 0 Å². The van der Waals surface area contributed by atoms with Gasteiger partial charge in [-0.2, -0.15) is 0 Å². The summed E-state index contributed by atoms with van der Waals surface area (Å²) < 4.78 is 0. The van der Waals surface area contributed by atoms with Gasteiger partial charge in [-0.05, 0) is 177 Å². The predicted octanol–water partition coefficient (Wildman–Crippen LogP) is 17.0. The Morgan fingerprint density at radius 1 is 0.438 bits per heavy atom. The molecule has 2 N–H and O–H groups in total. The third kappa shape index (κ3) is 8.36. The molecule has 8 aromatic carbocycles. The molecule has 0 aliphatic heterocycles. The highest BCUT2D eigenvalue weighted by atomic mass is 15.1. The zero-order valence-corrected chi connectivity index (χ0v) is 39.1. The molecule has 1 aliphatic carbocycles. The van der Waals surface area contributed by atoms with Gasteiger partial charge in [0.2, 0.25) is 0 Å². The first-order valence-electron chi connectivity index (χ1n) is 23.0. The Hall–Kier alpha value is -6.48. The van der Waals surface area contributed by atoms with Crippen molar-refractivity contribution in [1.29, 1.82) is 0 Å². The van der Waals surface area contributed by atoms with Crippen LogP contribution in [0, 0.1) is 19.3 Å². The van der Waals surface area contributed by atoms with Gasteiger partial charge in [0.1, 0.15) is 0 Å².